The summed E-state index contributed by atoms with van der Waals surface area (Å²) >= 11 is 0. The molecule has 284 valence electrons. The first-order chi connectivity index (χ1) is 27.2. The summed E-state index contributed by atoms with van der Waals surface area (Å²) in [5, 5.41) is 18.9. The van der Waals surface area contributed by atoms with E-state index in [1.54, 1.807) is 61.5 Å². The molecule has 10 heteroatoms. The third-order valence-corrected chi connectivity index (χ3v) is 9.56. The average molecular weight is 753 g/mol. The van der Waals surface area contributed by atoms with E-state index in [9.17, 15) is 19.5 Å². The van der Waals surface area contributed by atoms with Crippen LogP contribution in [0.25, 0.3) is 0 Å². The minimum Gasteiger partial charge on any atom is -0.478 e. The molecule has 0 aliphatic heterocycles. The van der Waals surface area contributed by atoms with Crippen LogP contribution < -0.4 is 9.62 Å². The summed E-state index contributed by atoms with van der Waals surface area (Å²) in [5.41, 5.74) is 5.16. The van der Waals surface area contributed by atoms with Gasteiger partial charge in [-0.25, -0.2) is 14.5 Å². The van der Waals surface area contributed by atoms with E-state index in [1.807, 2.05) is 66.7 Å². The second-order valence-electron chi connectivity index (χ2n) is 13.3. The van der Waals surface area contributed by atoms with Crippen LogP contribution in [0.1, 0.15) is 72.1 Å². The number of aromatic carboxylic acids is 1. The number of hydrogen-bond acceptors (Lipinski definition) is 9. The van der Waals surface area contributed by atoms with E-state index < -0.39 is 23.3 Å². The minimum absolute atomic E-state index is 0.0107. The fourth-order valence-corrected chi connectivity index (χ4v) is 6.48. The zero-order chi connectivity index (χ0) is 39.5. The Morgan fingerprint density at radius 2 is 1.14 bits per heavy atom. The minimum atomic E-state index is -1.27. The van der Waals surface area contributed by atoms with Gasteiger partial charge in [-0.15, -0.1) is 0 Å². The van der Waals surface area contributed by atoms with Gasteiger partial charge in [0.05, 0.1) is 18.2 Å². The fraction of sp³-hybridized carbons (Fsp3) is 0.152. The molecule has 0 aliphatic carbocycles. The number of ether oxygens (including phenoxy) is 2. The van der Waals surface area contributed by atoms with Crippen LogP contribution >= 0.6 is 0 Å². The summed E-state index contributed by atoms with van der Waals surface area (Å²) in [6.45, 7) is 1.79. The number of methoxy groups -OCH3 is 1. The average Bonchev–Trinajstić information content (AvgIpc) is 3.22. The molecule has 0 saturated heterocycles. The summed E-state index contributed by atoms with van der Waals surface area (Å²) in [5.74, 6) is -2.05. The summed E-state index contributed by atoms with van der Waals surface area (Å²) in [4.78, 5) is 54.3. The van der Waals surface area contributed by atoms with E-state index in [-0.39, 0.29) is 30.1 Å². The molecule has 6 aromatic carbocycles. The number of hydrogen-bond donors (Lipinski definition) is 2. The third-order valence-electron chi connectivity index (χ3n) is 9.56. The molecular weight excluding hydrogens is 712 g/mol. The first-order valence-electron chi connectivity index (χ1n) is 17.8. The van der Waals surface area contributed by atoms with Crippen molar-refractivity contribution in [3.8, 4) is 11.5 Å². The molecule has 0 aliphatic rings. The fourth-order valence-electron chi connectivity index (χ4n) is 6.48. The van der Waals surface area contributed by atoms with Gasteiger partial charge in [0.15, 0.2) is 5.75 Å². The Bertz CT molecular complexity index is 2270. The normalized spacial score (nSPS) is 12.0. The van der Waals surface area contributed by atoms with Crippen molar-refractivity contribution >= 4 is 17.9 Å². The molecule has 0 saturated carbocycles. The van der Waals surface area contributed by atoms with E-state index in [4.69, 9.17) is 24.5 Å². The Hall–Kier alpha value is -6.59. The van der Waals surface area contributed by atoms with Crippen molar-refractivity contribution < 1.29 is 48.9 Å². The van der Waals surface area contributed by atoms with Gasteiger partial charge in [0.25, 0.3) is 0 Å². The van der Waals surface area contributed by atoms with Gasteiger partial charge < -0.3 is 19.5 Å². The highest BCUT2D eigenvalue weighted by Gasteiger charge is 2.38. The van der Waals surface area contributed by atoms with Gasteiger partial charge in [0.2, 0.25) is 0 Å². The Balaban J connectivity index is 1.14. The summed E-state index contributed by atoms with van der Waals surface area (Å²) in [7, 11) is 1.30. The maximum absolute atomic E-state index is 13.3. The Labute approximate surface area is 324 Å². The number of benzene rings is 6. The third kappa shape index (κ3) is 9.37. The Morgan fingerprint density at radius 3 is 1.70 bits per heavy atom. The zero-order valence-electron chi connectivity index (χ0n) is 30.8. The van der Waals surface area contributed by atoms with E-state index in [1.165, 1.54) is 19.2 Å². The lowest BCUT2D eigenvalue weighted by Crippen LogP contribution is -2.35. The lowest BCUT2D eigenvalue weighted by Gasteiger charge is -2.28. The van der Waals surface area contributed by atoms with E-state index in [0.717, 1.165) is 39.8 Å². The molecule has 56 heavy (non-hydrogen) atoms. The zero-order valence-corrected chi connectivity index (χ0v) is 30.8. The summed E-state index contributed by atoms with van der Waals surface area (Å²) in [6, 6.07) is 43.3. The number of esters is 2. The maximum atomic E-state index is 13.3. The smallest absolute Gasteiger partial charge is 0.344 e. The molecule has 0 amide bonds. The molecule has 0 radical (unpaired) electrons. The Kier molecular flexibility index (Phi) is 12.7. The predicted molar refractivity (Wildman–Crippen MR) is 207 cm³/mol. The molecule has 0 bridgehead atoms. The Morgan fingerprint density at radius 1 is 0.589 bits per heavy atom. The highest BCUT2D eigenvalue weighted by Crippen LogP contribution is 2.35. The number of carboxylic acids is 1. The first kappa shape index (κ1) is 39.1. The number of carbonyl (C=O) groups excluding carboxylic acids is 2. The largest absolute Gasteiger partial charge is 0.478 e. The van der Waals surface area contributed by atoms with Crippen LogP contribution in [0.3, 0.4) is 0 Å². The van der Waals surface area contributed by atoms with Gasteiger partial charge in [-0.1, -0.05) is 109 Å². The van der Waals surface area contributed by atoms with Crippen molar-refractivity contribution in [1.82, 2.24) is 0 Å². The molecule has 2 N–H and O–H groups in total. The topological polar surface area (TPSA) is 138 Å². The van der Waals surface area contributed by atoms with E-state index >= 15 is 0 Å². The van der Waals surface area contributed by atoms with Gasteiger partial charge in [-0.2, -0.15) is 4.89 Å². The molecule has 10 nitrogen and oxygen atoms in total. The van der Waals surface area contributed by atoms with Crippen molar-refractivity contribution in [2.24, 2.45) is 0 Å². The predicted octanol–water partition coefficient (Wildman–Crippen LogP) is 8.76. The molecule has 0 aromatic heterocycles. The van der Waals surface area contributed by atoms with Crippen LogP contribution in [0.2, 0.25) is 0 Å². The van der Waals surface area contributed by atoms with Crippen LogP contribution in [0.5, 0.6) is 11.5 Å². The van der Waals surface area contributed by atoms with Crippen molar-refractivity contribution in [2.75, 3.05) is 7.11 Å². The SMILES string of the molecule is COC(=O)C(C)(c1ccc(OOCc2cc(Cc3ccccc3)ccc2COO)cc1)c1ccc(OC(=O)c2cc(Cc3ccccc3)ccc2C(=O)O)cc1. The molecule has 6 aromatic rings. The molecule has 1 atom stereocenters. The number of carbonyl (C=O) groups is 3. The second-order valence-corrected chi connectivity index (χ2v) is 13.3. The monoisotopic (exact) mass is 752 g/mol. The van der Waals surface area contributed by atoms with Crippen LogP contribution in [0.15, 0.2) is 146 Å². The summed E-state index contributed by atoms with van der Waals surface area (Å²) < 4.78 is 10.9. The lowest BCUT2D eigenvalue weighted by molar-refractivity contribution is -0.253. The molecule has 0 fully saturated rings. The summed E-state index contributed by atoms with van der Waals surface area (Å²) in [6.07, 6.45) is 1.23. The van der Waals surface area contributed by atoms with Gasteiger partial charge in [-0.3, -0.25) is 10.1 Å². The van der Waals surface area contributed by atoms with Crippen molar-refractivity contribution in [3.63, 3.8) is 0 Å². The highest BCUT2D eigenvalue weighted by atomic mass is 17.2. The van der Waals surface area contributed by atoms with E-state index in [2.05, 4.69) is 17.0 Å². The van der Waals surface area contributed by atoms with Gasteiger partial charge >= 0.3 is 17.9 Å². The van der Waals surface area contributed by atoms with E-state index in [0.29, 0.717) is 23.3 Å². The van der Waals surface area contributed by atoms with Crippen molar-refractivity contribution in [3.05, 3.63) is 201 Å². The van der Waals surface area contributed by atoms with Gasteiger partial charge in [0.1, 0.15) is 24.4 Å². The maximum Gasteiger partial charge on any atom is 0.344 e. The van der Waals surface area contributed by atoms with Crippen LogP contribution in [-0.2, 0) is 50.8 Å². The van der Waals surface area contributed by atoms with Crippen molar-refractivity contribution in [1.29, 1.82) is 0 Å². The van der Waals surface area contributed by atoms with Crippen LogP contribution in [-0.4, -0.2) is 35.4 Å². The van der Waals surface area contributed by atoms with Gasteiger partial charge in [0, 0.05) is 0 Å². The highest BCUT2D eigenvalue weighted by molar-refractivity contribution is 6.03. The molecule has 1 unspecified atom stereocenters. The second kappa shape index (κ2) is 18.2. The standard InChI is InChI=1S/C46H40O10/c1-46(45(50)52-2,37-16-20-39(21-17-37)55-44(49)42-28-34(14-24-41(42)43(47)48)26-32-11-7-4-8-12-32)38-18-22-40(23-19-38)56-54-30-36-27-33(13-15-35(36)29-53-51)25-31-9-5-3-6-10-31/h3-24,27-28,51H,25-26,29-30H2,1-2H3,(H,47,48). The molecule has 0 heterocycles. The lowest BCUT2D eigenvalue weighted by atomic mass is 9.76. The van der Waals surface area contributed by atoms with Gasteiger partial charge in [-0.05, 0) is 101 Å². The van der Waals surface area contributed by atoms with Crippen LogP contribution in [0.4, 0.5) is 0 Å². The van der Waals surface area contributed by atoms with Crippen LogP contribution in [0, 0.1) is 0 Å². The number of rotatable bonds is 16. The molecule has 6 rings (SSSR count). The molecular formula is C46H40O10. The first-order valence-corrected chi connectivity index (χ1v) is 17.8. The quantitative estimate of drug-likeness (QED) is 0.0427. The molecule has 0 spiro atoms. The number of carboxylic acid groups (broad SMARTS) is 1. The van der Waals surface area contributed by atoms with Crippen molar-refractivity contribution in [2.45, 2.75) is 38.4 Å².